The van der Waals surface area contributed by atoms with Gasteiger partial charge in [0, 0.05) is 45.4 Å². The molecule has 3 heterocycles. The number of furan rings is 1. The number of aromatic nitrogens is 3. The molecular formula is C49H31N3O. The number of hydrogen-bond acceptors (Lipinski definition) is 4. The van der Waals surface area contributed by atoms with Gasteiger partial charge < -0.3 is 4.42 Å². The lowest BCUT2D eigenvalue weighted by atomic mass is 9.91. The fourth-order valence-corrected chi connectivity index (χ4v) is 7.40. The Balaban J connectivity index is 1.23. The molecule has 0 spiro atoms. The summed E-state index contributed by atoms with van der Waals surface area (Å²) >= 11 is 0. The highest BCUT2D eigenvalue weighted by atomic mass is 16.3. The van der Waals surface area contributed by atoms with E-state index in [2.05, 4.69) is 138 Å². The van der Waals surface area contributed by atoms with Crippen LogP contribution in [0.2, 0.25) is 0 Å². The van der Waals surface area contributed by atoms with Crippen LogP contribution in [0, 0.1) is 0 Å². The quantitative estimate of drug-likeness (QED) is 0.176. The van der Waals surface area contributed by atoms with Gasteiger partial charge in [-0.2, -0.15) is 0 Å². The van der Waals surface area contributed by atoms with E-state index in [0.29, 0.717) is 5.82 Å². The largest absolute Gasteiger partial charge is 0.455 e. The number of nitrogens with zero attached hydrogens (tertiary/aromatic N) is 3. The summed E-state index contributed by atoms with van der Waals surface area (Å²) in [5.41, 5.74) is 12.9. The number of para-hydroxylation sites is 2. The van der Waals surface area contributed by atoms with Gasteiger partial charge in [0.1, 0.15) is 11.2 Å². The molecule has 10 rings (SSSR count). The summed E-state index contributed by atoms with van der Waals surface area (Å²) in [6.07, 6.45) is 3.65. The van der Waals surface area contributed by atoms with Crippen molar-refractivity contribution in [2.24, 2.45) is 0 Å². The average Bonchev–Trinajstić information content (AvgIpc) is 3.63. The molecule has 0 radical (unpaired) electrons. The maximum Gasteiger partial charge on any atom is 0.160 e. The second kappa shape index (κ2) is 12.9. The molecule has 4 nitrogen and oxygen atoms in total. The predicted molar refractivity (Wildman–Crippen MR) is 217 cm³/mol. The van der Waals surface area contributed by atoms with Crippen LogP contribution >= 0.6 is 0 Å². The molecule has 0 N–H and O–H groups in total. The van der Waals surface area contributed by atoms with Crippen molar-refractivity contribution in [3.8, 4) is 67.3 Å². The van der Waals surface area contributed by atoms with Gasteiger partial charge >= 0.3 is 0 Å². The summed E-state index contributed by atoms with van der Waals surface area (Å²) in [5, 5.41) is 4.60. The zero-order valence-electron chi connectivity index (χ0n) is 28.6. The molecular weight excluding hydrogens is 647 g/mol. The van der Waals surface area contributed by atoms with Gasteiger partial charge in [0.15, 0.2) is 5.82 Å². The number of pyridine rings is 1. The Morgan fingerprint density at radius 3 is 1.81 bits per heavy atom. The maximum absolute atomic E-state index is 6.57. The van der Waals surface area contributed by atoms with E-state index in [-0.39, 0.29) is 0 Å². The molecule has 0 aliphatic heterocycles. The minimum atomic E-state index is 0.670. The fraction of sp³-hybridized carbons (Fsp3) is 0. The molecule has 248 valence electrons. The van der Waals surface area contributed by atoms with Crippen molar-refractivity contribution in [2.45, 2.75) is 0 Å². The topological polar surface area (TPSA) is 51.8 Å². The van der Waals surface area contributed by atoms with Crippen LogP contribution in [0.3, 0.4) is 0 Å². The summed E-state index contributed by atoms with van der Waals surface area (Å²) in [5.74, 6) is 0.670. The van der Waals surface area contributed by atoms with Crippen molar-refractivity contribution < 1.29 is 4.42 Å². The van der Waals surface area contributed by atoms with Crippen molar-refractivity contribution in [3.63, 3.8) is 0 Å². The van der Waals surface area contributed by atoms with Crippen LogP contribution in [0.5, 0.6) is 0 Å². The molecule has 0 unspecified atom stereocenters. The monoisotopic (exact) mass is 677 g/mol. The first-order chi connectivity index (χ1) is 26.2. The number of benzene rings is 7. The van der Waals surface area contributed by atoms with Gasteiger partial charge in [-0.3, -0.25) is 4.98 Å². The third-order valence-electron chi connectivity index (χ3n) is 9.97. The lowest BCUT2D eigenvalue weighted by molar-refractivity contribution is 0.670. The standard InChI is InChI=1S/C49H31N3O/c1-2-12-34(13-3-1)49-51-45(36-16-8-15-35(27-36)32-23-25-50-26-24-32)31-46(52-49)39-29-37(41-19-9-14-33-11-4-5-17-40(33)41)28-38(30-39)42-20-10-21-44-43-18-6-7-22-47(43)53-48(42)44/h1-31H. The van der Waals surface area contributed by atoms with Gasteiger partial charge in [0.25, 0.3) is 0 Å². The van der Waals surface area contributed by atoms with Crippen LogP contribution in [0.15, 0.2) is 193 Å². The van der Waals surface area contributed by atoms with Gasteiger partial charge in [-0.25, -0.2) is 9.97 Å². The Kier molecular flexibility index (Phi) is 7.43. The third kappa shape index (κ3) is 5.63. The maximum atomic E-state index is 6.57. The Bertz CT molecular complexity index is 2940. The van der Waals surface area contributed by atoms with Crippen molar-refractivity contribution in [2.75, 3.05) is 0 Å². The number of hydrogen-bond donors (Lipinski definition) is 0. The Labute approximate surface area is 306 Å². The minimum absolute atomic E-state index is 0.670. The normalized spacial score (nSPS) is 11.4. The van der Waals surface area contributed by atoms with Crippen molar-refractivity contribution in [1.29, 1.82) is 0 Å². The van der Waals surface area contributed by atoms with E-state index in [4.69, 9.17) is 14.4 Å². The molecule has 0 saturated carbocycles. The molecule has 0 atom stereocenters. The zero-order valence-corrected chi connectivity index (χ0v) is 28.6. The van der Waals surface area contributed by atoms with Crippen LogP contribution < -0.4 is 0 Å². The smallest absolute Gasteiger partial charge is 0.160 e. The second-order valence-corrected chi connectivity index (χ2v) is 13.3. The molecule has 0 aliphatic rings. The Morgan fingerprint density at radius 2 is 0.943 bits per heavy atom. The molecule has 0 amide bonds. The lowest BCUT2D eigenvalue weighted by Crippen LogP contribution is -1.97. The van der Waals surface area contributed by atoms with E-state index in [9.17, 15) is 0 Å². The van der Waals surface area contributed by atoms with Crippen molar-refractivity contribution in [1.82, 2.24) is 15.0 Å². The van der Waals surface area contributed by atoms with Crippen LogP contribution in [-0.4, -0.2) is 15.0 Å². The Morgan fingerprint density at radius 1 is 0.358 bits per heavy atom. The molecule has 53 heavy (non-hydrogen) atoms. The number of fused-ring (bicyclic) bond motifs is 4. The summed E-state index contributed by atoms with van der Waals surface area (Å²) in [6, 6.07) is 61.4. The second-order valence-electron chi connectivity index (χ2n) is 13.3. The van der Waals surface area contributed by atoms with E-state index in [0.717, 1.165) is 83.4 Å². The van der Waals surface area contributed by atoms with Gasteiger partial charge in [-0.1, -0.05) is 127 Å². The highest BCUT2D eigenvalue weighted by Crippen LogP contribution is 2.41. The lowest BCUT2D eigenvalue weighted by Gasteiger charge is -2.15. The molecule has 4 heteroatoms. The van der Waals surface area contributed by atoms with Crippen LogP contribution in [0.1, 0.15) is 0 Å². The number of rotatable bonds is 6. The minimum Gasteiger partial charge on any atom is -0.455 e. The highest BCUT2D eigenvalue weighted by Gasteiger charge is 2.17. The molecule has 0 bridgehead atoms. The molecule has 0 saturated heterocycles. The van der Waals surface area contributed by atoms with E-state index in [1.165, 1.54) is 10.8 Å². The van der Waals surface area contributed by atoms with E-state index < -0.39 is 0 Å². The SMILES string of the molecule is c1ccc(-c2nc(-c3cccc(-c4ccncc4)c3)cc(-c3cc(-c4cccc5ccccc45)cc(-c4cccc5c4oc4ccccc45)c3)n2)cc1. The molecule has 7 aromatic carbocycles. The summed E-state index contributed by atoms with van der Waals surface area (Å²) < 4.78 is 6.57. The molecule has 10 aromatic rings. The first kappa shape index (κ1) is 30.6. The summed E-state index contributed by atoms with van der Waals surface area (Å²) in [6.45, 7) is 0. The molecule has 0 aliphatic carbocycles. The van der Waals surface area contributed by atoms with E-state index >= 15 is 0 Å². The summed E-state index contributed by atoms with van der Waals surface area (Å²) in [7, 11) is 0. The van der Waals surface area contributed by atoms with Crippen molar-refractivity contribution >= 4 is 32.7 Å². The van der Waals surface area contributed by atoms with Gasteiger partial charge in [0.05, 0.1) is 11.4 Å². The average molecular weight is 678 g/mol. The highest BCUT2D eigenvalue weighted by molar-refractivity contribution is 6.10. The van der Waals surface area contributed by atoms with Crippen LogP contribution in [0.4, 0.5) is 0 Å². The van der Waals surface area contributed by atoms with E-state index in [1.54, 1.807) is 0 Å². The third-order valence-corrected chi connectivity index (χ3v) is 9.97. The van der Waals surface area contributed by atoms with Gasteiger partial charge in [-0.15, -0.1) is 0 Å². The van der Waals surface area contributed by atoms with Crippen LogP contribution in [0.25, 0.3) is 100.0 Å². The zero-order chi connectivity index (χ0) is 35.1. The van der Waals surface area contributed by atoms with Crippen molar-refractivity contribution in [3.05, 3.63) is 188 Å². The van der Waals surface area contributed by atoms with Crippen LogP contribution in [-0.2, 0) is 0 Å². The predicted octanol–water partition coefficient (Wildman–Crippen LogP) is 12.9. The first-order valence-electron chi connectivity index (χ1n) is 17.7. The Hall–Kier alpha value is -7.17. The van der Waals surface area contributed by atoms with Gasteiger partial charge in [0.2, 0.25) is 0 Å². The van der Waals surface area contributed by atoms with E-state index in [1.807, 2.05) is 54.9 Å². The molecule has 0 fully saturated rings. The van der Waals surface area contributed by atoms with Gasteiger partial charge in [-0.05, 0) is 87.1 Å². The summed E-state index contributed by atoms with van der Waals surface area (Å²) in [4.78, 5) is 14.6. The first-order valence-corrected chi connectivity index (χ1v) is 17.7. The fourth-order valence-electron chi connectivity index (χ4n) is 7.40. The molecule has 3 aromatic heterocycles.